The van der Waals surface area contributed by atoms with Gasteiger partial charge in [-0.05, 0) is 49.0 Å². The maximum Gasteiger partial charge on any atom is 0.216 e. The molecule has 23 heavy (non-hydrogen) atoms. The van der Waals surface area contributed by atoms with E-state index in [1.807, 2.05) is 55.5 Å². The van der Waals surface area contributed by atoms with Crippen LogP contribution in [0.25, 0.3) is 11.4 Å². The molecule has 3 aromatic rings. The van der Waals surface area contributed by atoms with Crippen molar-refractivity contribution in [3.63, 3.8) is 0 Å². The molecule has 0 aliphatic heterocycles. The van der Waals surface area contributed by atoms with Crippen LogP contribution in [0.15, 0.2) is 53.6 Å². The van der Waals surface area contributed by atoms with E-state index in [1.54, 1.807) is 18.0 Å². The standard InChI is InChI=1S/C17H16N4OS/c1-12-3-7-14(8-4-12)16-19-20-17(23)21(16)18-11-13-5-9-15(22-2)10-6-13/h3-11H,1-2H3,(H,20,23). The van der Waals surface area contributed by atoms with Crippen LogP contribution in [0, 0.1) is 11.7 Å². The summed E-state index contributed by atoms with van der Waals surface area (Å²) in [6, 6.07) is 15.7. The Balaban J connectivity index is 1.93. The van der Waals surface area contributed by atoms with Gasteiger partial charge >= 0.3 is 0 Å². The SMILES string of the molecule is COc1ccc(C=Nn2c(-c3ccc(C)cc3)n[nH]c2=S)cc1. The van der Waals surface area contributed by atoms with Crippen molar-refractivity contribution in [2.24, 2.45) is 5.10 Å². The molecule has 1 heterocycles. The number of nitrogens with zero attached hydrogens (tertiary/aromatic N) is 3. The van der Waals surface area contributed by atoms with Gasteiger partial charge in [-0.1, -0.05) is 29.8 Å². The van der Waals surface area contributed by atoms with Crippen molar-refractivity contribution in [3.8, 4) is 17.1 Å². The Morgan fingerprint density at radius 3 is 2.48 bits per heavy atom. The summed E-state index contributed by atoms with van der Waals surface area (Å²) in [5.74, 6) is 1.49. The molecule has 0 radical (unpaired) electrons. The van der Waals surface area contributed by atoms with Crippen LogP contribution >= 0.6 is 12.2 Å². The Hall–Kier alpha value is -2.73. The van der Waals surface area contributed by atoms with Crippen molar-refractivity contribution >= 4 is 18.4 Å². The largest absolute Gasteiger partial charge is 0.497 e. The highest BCUT2D eigenvalue weighted by atomic mass is 32.1. The lowest BCUT2D eigenvalue weighted by Gasteiger charge is -2.02. The monoisotopic (exact) mass is 324 g/mol. The molecular formula is C17H16N4OS. The lowest BCUT2D eigenvalue weighted by Crippen LogP contribution is -1.95. The zero-order valence-electron chi connectivity index (χ0n) is 12.9. The van der Waals surface area contributed by atoms with Gasteiger partial charge in [-0.3, -0.25) is 0 Å². The van der Waals surface area contributed by atoms with Crippen LogP contribution in [0.5, 0.6) is 5.75 Å². The molecule has 1 N–H and O–H groups in total. The Labute approximate surface area is 139 Å². The molecule has 1 aromatic heterocycles. The van der Waals surface area contributed by atoms with E-state index < -0.39 is 0 Å². The van der Waals surface area contributed by atoms with Crippen molar-refractivity contribution in [1.29, 1.82) is 0 Å². The number of aromatic amines is 1. The number of ether oxygens (including phenoxy) is 1. The normalized spacial score (nSPS) is 11.0. The second kappa shape index (κ2) is 6.58. The Kier molecular flexibility index (Phi) is 4.34. The zero-order valence-corrected chi connectivity index (χ0v) is 13.7. The number of aromatic nitrogens is 3. The molecule has 0 saturated heterocycles. The molecule has 0 amide bonds. The first kappa shape index (κ1) is 15.2. The van der Waals surface area contributed by atoms with Gasteiger partial charge in [0.25, 0.3) is 0 Å². The molecule has 0 spiro atoms. The van der Waals surface area contributed by atoms with Gasteiger partial charge in [0.2, 0.25) is 4.77 Å². The van der Waals surface area contributed by atoms with Gasteiger partial charge in [-0.25, -0.2) is 5.10 Å². The Morgan fingerprint density at radius 2 is 1.83 bits per heavy atom. The van der Waals surface area contributed by atoms with Crippen LogP contribution in [0.1, 0.15) is 11.1 Å². The second-order valence-electron chi connectivity index (χ2n) is 5.05. The highest BCUT2D eigenvalue weighted by Crippen LogP contribution is 2.18. The predicted octanol–water partition coefficient (Wildman–Crippen LogP) is 3.81. The van der Waals surface area contributed by atoms with Crippen molar-refractivity contribution in [3.05, 3.63) is 64.4 Å². The van der Waals surface area contributed by atoms with Gasteiger partial charge in [0.1, 0.15) is 5.75 Å². The Bertz CT molecular complexity index is 876. The van der Waals surface area contributed by atoms with Crippen molar-refractivity contribution in [2.45, 2.75) is 6.92 Å². The molecule has 3 rings (SSSR count). The van der Waals surface area contributed by atoms with E-state index in [0.29, 0.717) is 10.6 Å². The van der Waals surface area contributed by atoms with Crippen LogP contribution in [-0.4, -0.2) is 28.2 Å². The third-order valence-corrected chi connectivity index (χ3v) is 3.66. The van der Waals surface area contributed by atoms with Crippen LogP contribution in [0.4, 0.5) is 0 Å². The number of aryl methyl sites for hydroxylation is 1. The summed E-state index contributed by atoms with van der Waals surface area (Å²) < 4.78 is 7.21. The summed E-state index contributed by atoms with van der Waals surface area (Å²) in [6.07, 6.45) is 1.74. The molecule has 0 aliphatic carbocycles. The molecular weight excluding hydrogens is 308 g/mol. The third kappa shape index (κ3) is 3.37. The first-order chi connectivity index (χ1) is 11.2. The number of hydrogen-bond acceptors (Lipinski definition) is 4. The fraction of sp³-hybridized carbons (Fsp3) is 0.118. The molecule has 0 saturated carbocycles. The molecule has 0 fully saturated rings. The van der Waals surface area contributed by atoms with E-state index in [4.69, 9.17) is 17.0 Å². The van der Waals surface area contributed by atoms with Crippen LogP contribution in [-0.2, 0) is 0 Å². The number of methoxy groups -OCH3 is 1. The second-order valence-corrected chi connectivity index (χ2v) is 5.43. The molecule has 5 nitrogen and oxygen atoms in total. The average molecular weight is 324 g/mol. The number of nitrogens with one attached hydrogen (secondary N) is 1. The van der Waals surface area contributed by atoms with Gasteiger partial charge in [0.05, 0.1) is 13.3 Å². The Morgan fingerprint density at radius 1 is 1.13 bits per heavy atom. The molecule has 2 aromatic carbocycles. The number of H-pyrrole nitrogens is 1. The minimum Gasteiger partial charge on any atom is -0.497 e. The van der Waals surface area contributed by atoms with E-state index in [-0.39, 0.29) is 0 Å². The zero-order chi connectivity index (χ0) is 16.2. The van der Waals surface area contributed by atoms with Crippen LogP contribution < -0.4 is 4.74 Å². The van der Waals surface area contributed by atoms with Crippen molar-refractivity contribution < 1.29 is 4.74 Å². The van der Waals surface area contributed by atoms with Gasteiger partial charge in [0.15, 0.2) is 5.82 Å². The number of benzene rings is 2. The molecule has 0 bridgehead atoms. The maximum absolute atomic E-state index is 5.26. The molecule has 0 aliphatic rings. The maximum atomic E-state index is 5.26. The highest BCUT2D eigenvalue weighted by molar-refractivity contribution is 7.71. The first-order valence-electron chi connectivity index (χ1n) is 7.10. The summed E-state index contributed by atoms with van der Waals surface area (Å²) >= 11 is 5.26. The van der Waals surface area contributed by atoms with Gasteiger partial charge in [-0.15, -0.1) is 0 Å². The summed E-state index contributed by atoms with van der Waals surface area (Å²) in [7, 11) is 1.64. The highest BCUT2D eigenvalue weighted by Gasteiger charge is 2.07. The summed E-state index contributed by atoms with van der Waals surface area (Å²) in [4.78, 5) is 0. The third-order valence-electron chi connectivity index (χ3n) is 3.40. The minimum absolute atomic E-state index is 0.449. The van der Waals surface area contributed by atoms with Gasteiger partial charge in [0, 0.05) is 5.56 Å². The number of hydrogen-bond donors (Lipinski definition) is 1. The summed E-state index contributed by atoms with van der Waals surface area (Å²) in [5, 5.41) is 11.5. The average Bonchev–Trinajstić information content (AvgIpc) is 2.95. The van der Waals surface area contributed by atoms with E-state index >= 15 is 0 Å². The summed E-state index contributed by atoms with van der Waals surface area (Å²) in [6.45, 7) is 2.04. The lowest BCUT2D eigenvalue weighted by atomic mass is 10.1. The van der Waals surface area contributed by atoms with Crippen LogP contribution in [0.2, 0.25) is 0 Å². The van der Waals surface area contributed by atoms with Gasteiger partial charge < -0.3 is 4.74 Å². The van der Waals surface area contributed by atoms with Crippen molar-refractivity contribution in [1.82, 2.24) is 14.9 Å². The fourth-order valence-corrected chi connectivity index (χ4v) is 2.28. The first-order valence-corrected chi connectivity index (χ1v) is 7.51. The number of rotatable bonds is 4. The van der Waals surface area contributed by atoms with E-state index in [1.165, 1.54) is 5.56 Å². The quantitative estimate of drug-likeness (QED) is 0.586. The topological polar surface area (TPSA) is 55.2 Å². The van der Waals surface area contributed by atoms with Crippen LogP contribution in [0.3, 0.4) is 0 Å². The molecule has 116 valence electrons. The van der Waals surface area contributed by atoms with E-state index in [0.717, 1.165) is 16.9 Å². The van der Waals surface area contributed by atoms with E-state index in [9.17, 15) is 0 Å². The predicted molar refractivity (Wildman–Crippen MR) is 93.6 cm³/mol. The fourth-order valence-electron chi connectivity index (χ4n) is 2.10. The smallest absolute Gasteiger partial charge is 0.216 e. The molecule has 6 heteroatoms. The van der Waals surface area contributed by atoms with Gasteiger partial charge in [-0.2, -0.15) is 14.9 Å². The van der Waals surface area contributed by atoms with Crippen molar-refractivity contribution in [2.75, 3.05) is 7.11 Å². The summed E-state index contributed by atoms with van der Waals surface area (Å²) in [5.41, 5.74) is 3.09. The van der Waals surface area contributed by atoms with E-state index in [2.05, 4.69) is 15.3 Å². The lowest BCUT2D eigenvalue weighted by molar-refractivity contribution is 0.415. The minimum atomic E-state index is 0.449. The molecule has 0 unspecified atom stereocenters. The molecule has 0 atom stereocenters.